The van der Waals surface area contributed by atoms with Crippen molar-refractivity contribution in [1.29, 1.82) is 0 Å². The minimum atomic E-state index is 0.388. The lowest BCUT2D eigenvalue weighted by molar-refractivity contribution is 0.784. The van der Waals surface area contributed by atoms with Crippen molar-refractivity contribution in [3.63, 3.8) is 0 Å². The van der Waals surface area contributed by atoms with Gasteiger partial charge in [-0.25, -0.2) is 9.50 Å². The van der Waals surface area contributed by atoms with Crippen LogP contribution in [0.2, 0.25) is 0 Å². The summed E-state index contributed by atoms with van der Waals surface area (Å²) in [5.41, 5.74) is 8.65. The number of fused-ring (bicyclic) bond motifs is 1. The molecule has 3 rings (SSSR count). The molecule has 0 bridgehead atoms. The molecule has 6 heteroatoms. The lowest BCUT2D eigenvalue weighted by Crippen LogP contribution is -1.93. The van der Waals surface area contributed by atoms with Crippen molar-refractivity contribution in [2.75, 3.05) is 5.73 Å². The second-order valence-corrected chi connectivity index (χ2v) is 5.83. The van der Waals surface area contributed by atoms with Gasteiger partial charge in [-0.2, -0.15) is 5.10 Å². The van der Waals surface area contributed by atoms with E-state index in [2.05, 4.69) is 35.0 Å². The molecule has 20 heavy (non-hydrogen) atoms. The Bertz CT molecular complexity index is 750. The average molecular weight is 285 g/mol. The number of rotatable bonds is 3. The smallest absolute Gasteiger partial charge is 0.127 e. The van der Waals surface area contributed by atoms with Crippen LogP contribution in [-0.4, -0.2) is 19.6 Å². The number of anilines is 1. The Hall–Kier alpha value is -2.08. The molecule has 0 aromatic carbocycles. The van der Waals surface area contributed by atoms with Crippen LogP contribution in [0.4, 0.5) is 5.69 Å². The van der Waals surface area contributed by atoms with Crippen LogP contribution in [0.15, 0.2) is 46.8 Å². The third-order valence-electron chi connectivity index (χ3n) is 2.98. The largest absolute Gasteiger partial charge is 0.397 e. The van der Waals surface area contributed by atoms with Crippen LogP contribution in [0.25, 0.3) is 5.52 Å². The number of pyridine rings is 1. The van der Waals surface area contributed by atoms with Gasteiger partial charge in [0.25, 0.3) is 0 Å². The van der Waals surface area contributed by atoms with Gasteiger partial charge in [0.2, 0.25) is 0 Å². The van der Waals surface area contributed by atoms with E-state index in [9.17, 15) is 0 Å². The lowest BCUT2D eigenvalue weighted by Gasteiger charge is -2.04. The molecule has 2 N–H and O–H groups in total. The molecule has 0 aliphatic heterocycles. The van der Waals surface area contributed by atoms with Crippen LogP contribution in [0, 0.1) is 0 Å². The van der Waals surface area contributed by atoms with Gasteiger partial charge < -0.3 is 5.73 Å². The summed E-state index contributed by atoms with van der Waals surface area (Å²) in [5.74, 6) is 0.388. The van der Waals surface area contributed by atoms with E-state index in [1.165, 1.54) is 11.8 Å². The van der Waals surface area contributed by atoms with Crippen LogP contribution >= 0.6 is 11.8 Å². The van der Waals surface area contributed by atoms with Crippen LogP contribution in [0.5, 0.6) is 0 Å². The van der Waals surface area contributed by atoms with Gasteiger partial charge in [-0.3, -0.25) is 4.98 Å². The highest BCUT2D eigenvalue weighted by Crippen LogP contribution is 2.33. The second-order valence-electron chi connectivity index (χ2n) is 4.80. The SMILES string of the molecule is CC(C)c1cc2c(Sc3ccncc3N)nccn2n1. The predicted octanol–water partition coefficient (Wildman–Crippen LogP) is 2.98. The summed E-state index contributed by atoms with van der Waals surface area (Å²) in [6, 6.07) is 3.97. The van der Waals surface area contributed by atoms with Gasteiger partial charge >= 0.3 is 0 Å². The number of aromatic nitrogens is 4. The summed E-state index contributed by atoms with van der Waals surface area (Å²) in [6.07, 6.45) is 7.00. The quantitative estimate of drug-likeness (QED) is 0.801. The Morgan fingerprint density at radius 3 is 2.90 bits per heavy atom. The molecule has 0 unspecified atom stereocenters. The van der Waals surface area contributed by atoms with Gasteiger partial charge in [-0.1, -0.05) is 25.6 Å². The summed E-state index contributed by atoms with van der Waals surface area (Å²) < 4.78 is 1.86. The molecule has 102 valence electrons. The van der Waals surface area contributed by atoms with Crippen molar-refractivity contribution in [3.8, 4) is 0 Å². The molecule has 0 fully saturated rings. The fourth-order valence-corrected chi connectivity index (χ4v) is 2.75. The van der Waals surface area contributed by atoms with Crippen molar-refractivity contribution < 1.29 is 0 Å². The first-order valence-electron chi connectivity index (χ1n) is 6.37. The van der Waals surface area contributed by atoms with Gasteiger partial charge in [-0.15, -0.1) is 0 Å². The van der Waals surface area contributed by atoms with Crippen LogP contribution in [0.1, 0.15) is 25.5 Å². The molecule has 0 saturated heterocycles. The number of nitrogens with two attached hydrogens (primary N) is 1. The van der Waals surface area contributed by atoms with Gasteiger partial charge in [0, 0.05) is 23.5 Å². The molecule has 0 amide bonds. The van der Waals surface area contributed by atoms with Crippen molar-refractivity contribution in [1.82, 2.24) is 19.6 Å². The summed E-state index contributed by atoms with van der Waals surface area (Å²) >= 11 is 1.53. The highest BCUT2D eigenvalue weighted by molar-refractivity contribution is 7.99. The molecule has 5 nitrogen and oxygen atoms in total. The summed E-state index contributed by atoms with van der Waals surface area (Å²) in [7, 11) is 0. The topological polar surface area (TPSA) is 69.1 Å². The predicted molar refractivity (Wildman–Crippen MR) is 79.8 cm³/mol. The lowest BCUT2D eigenvalue weighted by atomic mass is 10.1. The Morgan fingerprint density at radius 2 is 2.15 bits per heavy atom. The van der Waals surface area contributed by atoms with E-state index < -0.39 is 0 Å². The molecule has 0 spiro atoms. The first-order valence-corrected chi connectivity index (χ1v) is 7.18. The number of hydrogen-bond donors (Lipinski definition) is 1. The summed E-state index contributed by atoms with van der Waals surface area (Å²) in [5, 5.41) is 5.45. The minimum absolute atomic E-state index is 0.388. The van der Waals surface area contributed by atoms with Crippen molar-refractivity contribution >= 4 is 23.0 Å². The summed E-state index contributed by atoms with van der Waals surface area (Å²) in [4.78, 5) is 9.39. The molecule has 0 aliphatic rings. The van der Waals surface area contributed by atoms with Gasteiger partial charge in [-0.05, 0) is 18.1 Å². The van der Waals surface area contributed by atoms with Crippen molar-refractivity contribution in [2.45, 2.75) is 29.7 Å². The van der Waals surface area contributed by atoms with Crippen molar-refractivity contribution in [3.05, 3.63) is 42.6 Å². The normalized spacial score (nSPS) is 11.3. The average Bonchev–Trinajstić information content (AvgIpc) is 2.86. The first-order chi connectivity index (χ1) is 9.65. The molecule has 3 aromatic heterocycles. The van der Waals surface area contributed by atoms with Gasteiger partial charge in [0.1, 0.15) is 5.03 Å². The Balaban J connectivity index is 2.05. The number of hydrogen-bond acceptors (Lipinski definition) is 5. The van der Waals surface area contributed by atoms with Crippen LogP contribution in [0.3, 0.4) is 0 Å². The Labute approximate surface area is 121 Å². The zero-order valence-corrected chi connectivity index (χ0v) is 12.1. The van der Waals surface area contributed by atoms with Gasteiger partial charge in [0.05, 0.1) is 23.1 Å². The Kier molecular flexibility index (Phi) is 3.31. The molecular formula is C14H15N5S. The number of nitrogen functional groups attached to an aromatic ring is 1. The van der Waals surface area contributed by atoms with E-state index in [1.807, 2.05) is 16.8 Å². The molecular weight excluding hydrogens is 270 g/mol. The van der Waals surface area contributed by atoms with E-state index in [0.717, 1.165) is 21.1 Å². The third-order valence-corrected chi connectivity index (χ3v) is 4.08. The van der Waals surface area contributed by atoms with E-state index in [4.69, 9.17) is 5.73 Å². The van der Waals surface area contributed by atoms with Crippen LogP contribution < -0.4 is 5.73 Å². The molecule has 0 atom stereocenters. The molecule has 0 aliphatic carbocycles. The highest BCUT2D eigenvalue weighted by Gasteiger charge is 2.11. The Morgan fingerprint density at radius 1 is 1.30 bits per heavy atom. The third kappa shape index (κ3) is 2.34. The molecule has 0 saturated carbocycles. The van der Waals surface area contributed by atoms with E-state index in [1.54, 1.807) is 18.6 Å². The maximum Gasteiger partial charge on any atom is 0.127 e. The molecule has 3 heterocycles. The molecule has 0 radical (unpaired) electrons. The first kappa shape index (κ1) is 12.9. The fraction of sp³-hybridized carbons (Fsp3) is 0.214. The van der Waals surface area contributed by atoms with Crippen molar-refractivity contribution in [2.24, 2.45) is 0 Å². The highest BCUT2D eigenvalue weighted by atomic mass is 32.2. The monoisotopic (exact) mass is 285 g/mol. The molecule has 3 aromatic rings. The van der Waals surface area contributed by atoms with E-state index in [0.29, 0.717) is 11.6 Å². The fourth-order valence-electron chi connectivity index (χ4n) is 1.87. The maximum absolute atomic E-state index is 5.93. The standard InChI is InChI=1S/C14H15N5S/c1-9(2)11-7-12-14(17-5-6-19(12)18-11)20-13-3-4-16-8-10(13)15/h3-9H,15H2,1-2H3. The van der Waals surface area contributed by atoms with Crippen LogP contribution in [-0.2, 0) is 0 Å². The zero-order valence-electron chi connectivity index (χ0n) is 11.3. The number of nitrogens with zero attached hydrogens (tertiary/aromatic N) is 4. The second kappa shape index (κ2) is 5.13. The van der Waals surface area contributed by atoms with E-state index in [-0.39, 0.29) is 0 Å². The van der Waals surface area contributed by atoms with Gasteiger partial charge in [0.15, 0.2) is 0 Å². The zero-order chi connectivity index (χ0) is 14.1. The minimum Gasteiger partial charge on any atom is -0.397 e. The maximum atomic E-state index is 5.93. The summed E-state index contributed by atoms with van der Waals surface area (Å²) in [6.45, 7) is 4.26. The van der Waals surface area contributed by atoms with E-state index >= 15 is 0 Å².